The van der Waals surface area contributed by atoms with Gasteiger partial charge in [-0.25, -0.2) is 4.68 Å². The zero-order valence-electron chi connectivity index (χ0n) is 11.1. The van der Waals surface area contributed by atoms with Crippen LogP contribution in [0, 0.1) is 13.8 Å². The molecule has 19 heavy (non-hydrogen) atoms. The van der Waals surface area contributed by atoms with E-state index in [1.807, 2.05) is 48.9 Å². The summed E-state index contributed by atoms with van der Waals surface area (Å²) in [5, 5.41) is 13.8. The van der Waals surface area contributed by atoms with Gasteiger partial charge in [-0.1, -0.05) is 12.1 Å². The lowest BCUT2D eigenvalue weighted by atomic mass is 10.0. The molecule has 0 spiro atoms. The summed E-state index contributed by atoms with van der Waals surface area (Å²) in [6, 6.07) is 9.93. The monoisotopic (exact) mass is 256 g/mol. The molecule has 1 fully saturated rings. The first-order chi connectivity index (χ1) is 9.03. The van der Waals surface area contributed by atoms with Crippen LogP contribution in [0.1, 0.15) is 29.8 Å². The molecule has 0 radical (unpaired) electrons. The largest absolute Gasteiger partial charge is 0.481 e. The van der Waals surface area contributed by atoms with Crippen LogP contribution in [-0.4, -0.2) is 20.9 Å². The van der Waals surface area contributed by atoms with Gasteiger partial charge in [0.05, 0.1) is 11.4 Å². The van der Waals surface area contributed by atoms with E-state index in [1.54, 1.807) is 0 Å². The second kappa shape index (κ2) is 3.95. The molecule has 0 saturated heterocycles. The second-order valence-electron chi connectivity index (χ2n) is 5.31. The standard InChI is InChI=1S/C15H16N2O2/c1-10-4-3-5-12(8-10)17-11(2)9-13(16-17)15(6-7-15)14(18)19/h3-5,8-9H,6-7H2,1-2H3,(H,18,19). The second-order valence-corrected chi connectivity index (χ2v) is 5.31. The molecule has 1 aromatic heterocycles. The number of aryl methyl sites for hydroxylation is 2. The summed E-state index contributed by atoms with van der Waals surface area (Å²) in [5.41, 5.74) is 3.05. The van der Waals surface area contributed by atoms with Crippen molar-refractivity contribution in [1.29, 1.82) is 0 Å². The number of nitrogens with zero attached hydrogens (tertiary/aromatic N) is 2. The maximum absolute atomic E-state index is 11.3. The lowest BCUT2D eigenvalue weighted by molar-refractivity contribution is -0.140. The lowest BCUT2D eigenvalue weighted by Crippen LogP contribution is -2.20. The van der Waals surface area contributed by atoms with Crippen LogP contribution < -0.4 is 0 Å². The van der Waals surface area contributed by atoms with Gasteiger partial charge in [0.25, 0.3) is 0 Å². The van der Waals surface area contributed by atoms with Gasteiger partial charge in [-0.3, -0.25) is 4.79 Å². The number of carboxylic acid groups (broad SMARTS) is 1. The number of carboxylic acids is 1. The van der Waals surface area contributed by atoms with Gasteiger partial charge in [-0.05, 0) is 50.5 Å². The van der Waals surface area contributed by atoms with E-state index in [0.29, 0.717) is 18.5 Å². The van der Waals surface area contributed by atoms with Crippen molar-refractivity contribution in [2.45, 2.75) is 32.1 Å². The quantitative estimate of drug-likeness (QED) is 0.918. The highest BCUT2D eigenvalue weighted by molar-refractivity contribution is 5.84. The van der Waals surface area contributed by atoms with E-state index in [2.05, 4.69) is 5.10 Å². The summed E-state index contributed by atoms with van der Waals surface area (Å²) >= 11 is 0. The molecule has 1 heterocycles. The molecule has 0 aliphatic heterocycles. The minimum Gasteiger partial charge on any atom is -0.481 e. The van der Waals surface area contributed by atoms with E-state index in [9.17, 15) is 9.90 Å². The van der Waals surface area contributed by atoms with Gasteiger partial charge < -0.3 is 5.11 Å². The molecule has 0 bridgehead atoms. The van der Waals surface area contributed by atoms with Crippen LogP contribution in [0.25, 0.3) is 5.69 Å². The summed E-state index contributed by atoms with van der Waals surface area (Å²) in [6.07, 6.45) is 1.37. The molecule has 4 heteroatoms. The number of benzene rings is 1. The number of aliphatic carboxylic acids is 1. The van der Waals surface area contributed by atoms with Gasteiger partial charge in [0, 0.05) is 5.69 Å². The number of carbonyl (C=O) groups is 1. The van der Waals surface area contributed by atoms with Crippen LogP contribution in [0.15, 0.2) is 30.3 Å². The van der Waals surface area contributed by atoms with Crippen LogP contribution in [0.4, 0.5) is 0 Å². The Morgan fingerprint density at radius 1 is 1.32 bits per heavy atom. The molecule has 1 aromatic carbocycles. The van der Waals surface area contributed by atoms with Crippen molar-refractivity contribution in [3.05, 3.63) is 47.3 Å². The lowest BCUT2D eigenvalue weighted by Gasteiger charge is -2.06. The van der Waals surface area contributed by atoms with Crippen LogP contribution in [0.2, 0.25) is 0 Å². The molecule has 2 aromatic rings. The van der Waals surface area contributed by atoms with Gasteiger partial charge in [0.15, 0.2) is 0 Å². The summed E-state index contributed by atoms with van der Waals surface area (Å²) < 4.78 is 1.82. The van der Waals surface area contributed by atoms with Gasteiger partial charge >= 0.3 is 5.97 Å². The summed E-state index contributed by atoms with van der Waals surface area (Å²) in [6.45, 7) is 3.99. The summed E-state index contributed by atoms with van der Waals surface area (Å²) in [5.74, 6) is -0.763. The van der Waals surface area contributed by atoms with E-state index < -0.39 is 11.4 Å². The molecule has 1 saturated carbocycles. The fourth-order valence-corrected chi connectivity index (χ4v) is 2.43. The average molecular weight is 256 g/mol. The first kappa shape index (κ1) is 12.0. The summed E-state index contributed by atoms with van der Waals surface area (Å²) in [4.78, 5) is 11.3. The highest BCUT2D eigenvalue weighted by Crippen LogP contribution is 2.48. The number of rotatable bonds is 3. The fraction of sp³-hybridized carbons (Fsp3) is 0.333. The van der Waals surface area contributed by atoms with E-state index in [0.717, 1.165) is 16.9 Å². The van der Waals surface area contributed by atoms with Crippen LogP contribution in [0.5, 0.6) is 0 Å². The Balaban J connectivity index is 2.06. The Morgan fingerprint density at radius 2 is 2.05 bits per heavy atom. The Labute approximate surface area is 111 Å². The van der Waals surface area contributed by atoms with E-state index in [-0.39, 0.29) is 0 Å². The normalized spacial score (nSPS) is 16.3. The molecule has 1 aliphatic carbocycles. The van der Waals surface area contributed by atoms with Crippen molar-refractivity contribution < 1.29 is 9.90 Å². The third kappa shape index (κ3) is 1.84. The number of aromatic nitrogens is 2. The predicted molar refractivity (Wildman–Crippen MR) is 71.6 cm³/mol. The number of hydrogen-bond acceptors (Lipinski definition) is 2. The van der Waals surface area contributed by atoms with E-state index in [4.69, 9.17) is 0 Å². The Morgan fingerprint density at radius 3 is 2.63 bits per heavy atom. The maximum Gasteiger partial charge on any atom is 0.315 e. The molecule has 3 rings (SSSR count). The molecule has 98 valence electrons. The van der Waals surface area contributed by atoms with Crippen molar-refractivity contribution in [2.24, 2.45) is 0 Å². The third-order valence-corrected chi connectivity index (χ3v) is 3.78. The van der Waals surface area contributed by atoms with Crippen LogP contribution >= 0.6 is 0 Å². The van der Waals surface area contributed by atoms with Crippen LogP contribution in [0.3, 0.4) is 0 Å². The highest BCUT2D eigenvalue weighted by atomic mass is 16.4. The van der Waals surface area contributed by atoms with Gasteiger partial charge in [0.1, 0.15) is 5.41 Å². The maximum atomic E-state index is 11.3. The van der Waals surface area contributed by atoms with E-state index in [1.165, 1.54) is 0 Å². The first-order valence-corrected chi connectivity index (χ1v) is 6.40. The fourth-order valence-electron chi connectivity index (χ4n) is 2.43. The Hall–Kier alpha value is -2.10. The van der Waals surface area contributed by atoms with Gasteiger partial charge in [-0.15, -0.1) is 0 Å². The molecular formula is C15H16N2O2. The molecule has 0 unspecified atom stereocenters. The number of hydrogen-bond donors (Lipinski definition) is 1. The Bertz CT molecular complexity index is 654. The van der Waals surface area contributed by atoms with Crippen molar-refractivity contribution in [1.82, 2.24) is 9.78 Å². The highest BCUT2D eigenvalue weighted by Gasteiger charge is 2.53. The van der Waals surface area contributed by atoms with Crippen molar-refractivity contribution in [3.8, 4) is 5.69 Å². The third-order valence-electron chi connectivity index (χ3n) is 3.78. The van der Waals surface area contributed by atoms with Crippen LogP contribution in [-0.2, 0) is 10.2 Å². The molecular weight excluding hydrogens is 240 g/mol. The zero-order valence-corrected chi connectivity index (χ0v) is 11.1. The molecule has 1 aliphatic rings. The van der Waals surface area contributed by atoms with Crippen molar-refractivity contribution in [3.63, 3.8) is 0 Å². The first-order valence-electron chi connectivity index (χ1n) is 6.40. The SMILES string of the molecule is Cc1cccc(-n2nc(C3(C(=O)O)CC3)cc2C)c1. The molecule has 1 N–H and O–H groups in total. The average Bonchev–Trinajstić information content (AvgIpc) is 3.08. The van der Waals surface area contributed by atoms with E-state index >= 15 is 0 Å². The molecule has 4 nitrogen and oxygen atoms in total. The smallest absolute Gasteiger partial charge is 0.315 e. The molecule has 0 amide bonds. The van der Waals surface area contributed by atoms with Crippen molar-refractivity contribution in [2.75, 3.05) is 0 Å². The van der Waals surface area contributed by atoms with Crippen molar-refractivity contribution >= 4 is 5.97 Å². The zero-order chi connectivity index (χ0) is 13.6. The predicted octanol–water partition coefficient (Wildman–Crippen LogP) is 2.61. The minimum absolute atomic E-state index is 0.680. The summed E-state index contributed by atoms with van der Waals surface area (Å²) in [7, 11) is 0. The minimum atomic E-state index is -0.763. The topological polar surface area (TPSA) is 55.1 Å². The molecule has 0 atom stereocenters. The Kier molecular flexibility index (Phi) is 2.49. The van der Waals surface area contributed by atoms with Gasteiger partial charge in [-0.2, -0.15) is 5.10 Å². The van der Waals surface area contributed by atoms with Gasteiger partial charge in [0.2, 0.25) is 0 Å².